The number of hydrogen-bond acceptors (Lipinski definition) is 6. The fraction of sp³-hybridized carbons (Fsp3) is 0.500. The third-order valence-electron chi connectivity index (χ3n) is 5.42. The predicted molar refractivity (Wildman–Crippen MR) is 138 cm³/mol. The lowest BCUT2D eigenvalue weighted by atomic mass is 10.2. The molecule has 0 unspecified atom stereocenters. The van der Waals surface area contributed by atoms with Crippen molar-refractivity contribution < 1.29 is 4.79 Å². The van der Waals surface area contributed by atoms with E-state index in [1.165, 1.54) is 16.2 Å². The van der Waals surface area contributed by atoms with E-state index in [0.29, 0.717) is 32.8 Å². The normalized spacial score (nSPS) is 15.3. The highest BCUT2D eigenvalue weighted by Crippen LogP contribution is 2.33. The standard InChI is InChI=1S/C24H32N4O2S2/c1-4-7-8-10-16-28-23(30)19(32-24(28)31)17-18-21(26(13-5-2)14-6-3)25-20-12-9-11-15-27(20)22(18)29/h9,11-12,15,17H,4-8,10,13-14,16H2,1-3H3. The highest BCUT2D eigenvalue weighted by Gasteiger charge is 2.32. The summed E-state index contributed by atoms with van der Waals surface area (Å²) in [7, 11) is 0. The maximum absolute atomic E-state index is 13.4. The molecule has 0 radical (unpaired) electrons. The van der Waals surface area contributed by atoms with Gasteiger partial charge in [-0.3, -0.25) is 18.9 Å². The molecular weight excluding hydrogens is 440 g/mol. The van der Waals surface area contributed by atoms with Crippen LogP contribution in [-0.2, 0) is 4.79 Å². The van der Waals surface area contributed by atoms with E-state index in [-0.39, 0.29) is 11.5 Å². The Labute approximate surface area is 199 Å². The SMILES string of the molecule is CCCCCCN1C(=O)C(=Cc2c(N(CCC)CCC)nc3ccccn3c2=O)SC1=S. The fourth-order valence-electron chi connectivity index (χ4n) is 3.84. The number of pyridine rings is 1. The number of hydrogen-bond donors (Lipinski definition) is 0. The minimum Gasteiger partial charge on any atom is -0.356 e. The first-order valence-corrected chi connectivity index (χ1v) is 12.8. The Bertz CT molecular complexity index is 1060. The quantitative estimate of drug-likeness (QED) is 0.258. The van der Waals surface area contributed by atoms with Crippen LogP contribution in [0.25, 0.3) is 11.7 Å². The Balaban J connectivity index is 2.03. The number of carbonyl (C=O) groups is 1. The monoisotopic (exact) mass is 472 g/mol. The third-order valence-corrected chi connectivity index (χ3v) is 6.80. The number of amides is 1. The van der Waals surface area contributed by atoms with Crippen molar-refractivity contribution >= 4 is 51.7 Å². The van der Waals surface area contributed by atoms with Gasteiger partial charge in [-0.05, 0) is 37.5 Å². The molecule has 3 heterocycles. The Morgan fingerprint density at radius 1 is 1.06 bits per heavy atom. The number of carbonyl (C=O) groups excluding carboxylic acids is 1. The van der Waals surface area contributed by atoms with Crippen LogP contribution in [0.4, 0.5) is 5.82 Å². The summed E-state index contributed by atoms with van der Waals surface area (Å²) < 4.78 is 2.10. The highest BCUT2D eigenvalue weighted by molar-refractivity contribution is 8.26. The van der Waals surface area contributed by atoms with Gasteiger partial charge in [-0.25, -0.2) is 4.98 Å². The van der Waals surface area contributed by atoms with Gasteiger partial charge in [0.05, 0.1) is 10.5 Å². The second-order valence-corrected chi connectivity index (χ2v) is 9.64. The van der Waals surface area contributed by atoms with Gasteiger partial charge in [0.25, 0.3) is 11.5 Å². The number of aromatic nitrogens is 2. The molecule has 172 valence electrons. The highest BCUT2D eigenvalue weighted by atomic mass is 32.2. The van der Waals surface area contributed by atoms with E-state index in [1.54, 1.807) is 17.2 Å². The maximum Gasteiger partial charge on any atom is 0.267 e. The Morgan fingerprint density at radius 3 is 2.50 bits per heavy atom. The number of nitrogens with zero attached hydrogens (tertiary/aromatic N) is 4. The van der Waals surface area contributed by atoms with Gasteiger partial charge in [0.15, 0.2) is 0 Å². The summed E-state index contributed by atoms with van der Waals surface area (Å²) in [6.45, 7) is 8.60. The molecule has 8 heteroatoms. The molecule has 0 atom stereocenters. The van der Waals surface area contributed by atoms with Gasteiger partial charge in [-0.2, -0.15) is 0 Å². The molecule has 0 bridgehead atoms. The molecular formula is C24H32N4O2S2. The van der Waals surface area contributed by atoms with Crippen molar-refractivity contribution in [1.29, 1.82) is 0 Å². The zero-order valence-electron chi connectivity index (χ0n) is 19.2. The molecule has 2 aromatic rings. The van der Waals surface area contributed by atoms with Gasteiger partial charge >= 0.3 is 0 Å². The zero-order valence-corrected chi connectivity index (χ0v) is 20.8. The number of anilines is 1. The molecule has 0 N–H and O–H groups in total. The lowest BCUT2D eigenvalue weighted by Gasteiger charge is -2.24. The summed E-state index contributed by atoms with van der Waals surface area (Å²) in [5.74, 6) is 0.524. The third kappa shape index (κ3) is 5.41. The number of rotatable bonds is 11. The van der Waals surface area contributed by atoms with E-state index in [4.69, 9.17) is 17.2 Å². The molecule has 1 aliphatic rings. The van der Waals surface area contributed by atoms with Crippen LogP contribution in [-0.4, -0.2) is 44.1 Å². The van der Waals surface area contributed by atoms with E-state index < -0.39 is 0 Å². The molecule has 2 aromatic heterocycles. The molecule has 1 fully saturated rings. The predicted octanol–water partition coefficient (Wildman–Crippen LogP) is 5.10. The van der Waals surface area contributed by atoms with Gasteiger partial charge in [-0.15, -0.1) is 0 Å². The van der Waals surface area contributed by atoms with Crippen LogP contribution in [0, 0.1) is 0 Å². The number of fused-ring (bicyclic) bond motifs is 1. The van der Waals surface area contributed by atoms with Crippen LogP contribution < -0.4 is 10.5 Å². The number of thiocarbonyl (C=S) groups is 1. The zero-order chi connectivity index (χ0) is 23.1. The molecule has 0 spiro atoms. The Morgan fingerprint density at radius 2 is 1.81 bits per heavy atom. The van der Waals surface area contributed by atoms with Crippen LogP contribution in [0.5, 0.6) is 0 Å². The molecule has 1 aliphatic heterocycles. The van der Waals surface area contributed by atoms with Gasteiger partial charge in [0, 0.05) is 25.8 Å². The van der Waals surface area contributed by atoms with Crippen molar-refractivity contribution in [2.45, 2.75) is 59.3 Å². The largest absolute Gasteiger partial charge is 0.356 e. The van der Waals surface area contributed by atoms with E-state index in [9.17, 15) is 9.59 Å². The molecule has 1 saturated heterocycles. The van der Waals surface area contributed by atoms with Crippen molar-refractivity contribution in [1.82, 2.24) is 14.3 Å². The van der Waals surface area contributed by atoms with Crippen molar-refractivity contribution in [3.05, 3.63) is 45.2 Å². The Hall–Kier alpha value is -2.19. The van der Waals surface area contributed by atoms with Crippen LogP contribution in [0.3, 0.4) is 0 Å². The first kappa shape index (κ1) is 24.5. The molecule has 6 nitrogen and oxygen atoms in total. The second kappa shape index (κ2) is 11.6. The van der Waals surface area contributed by atoms with Crippen LogP contribution in [0.2, 0.25) is 0 Å². The molecule has 0 aromatic carbocycles. The van der Waals surface area contributed by atoms with Crippen LogP contribution >= 0.6 is 24.0 Å². The summed E-state index contributed by atoms with van der Waals surface area (Å²) in [6, 6.07) is 5.52. The van der Waals surface area contributed by atoms with Gasteiger partial charge in [0.2, 0.25) is 0 Å². The minimum atomic E-state index is -0.170. The van der Waals surface area contributed by atoms with E-state index in [2.05, 4.69) is 25.7 Å². The average molecular weight is 473 g/mol. The summed E-state index contributed by atoms with van der Waals surface area (Å²) in [6.07, 6.45) is 9.60. The van der Waals surface area contributed by atoms with Crippen molar-refractivity contribution in [3.8, 4) is 0 Å². The van der Waals surface area contributed by atoms with Gasteiger partial charge in [0.1, 0.15) is 15.8 Å². The van der Waals surface area contributed by atoms with E-state index in [1.807, 2.05) is 18.2 Å². The molecule has 32 heavy (non-hydrogen) atoms. The molecule has 1 amide bonds. The van der Waals surface area contributed by atoms with Crippen molar-refractivity contribution in [3.63, 3.8) is 0 Å². The maximum atomic E-state index is 13.4. The van der Waals surface area contributed by atoms with E-state index in [0.717, 1.165) is 51.6 Å². The summed E-state index contributed by atoms with van der Waals surface area (Å²) in [5.41, 5.74) is 0.878. The first-order chi connectivity index (χ1) is 15.5. The van der Waals surface area contributed by atoms with Crippen LogP contribution in [0.15, 0.2) is 34.1 Å². The number of unbranched alkanes of at least 4 members (excludes halogenated alkanes) is 3. The lowest BCUT2D eigenvalue weighted by Crippen LogP contribution is -2.31. The Kier molecular flexibility index (Phi) is 8.87. The second-order valence-electron chi connectivity index (χ2n) is 7.96. The van der Waals surface area contributed by atoms with Gasteiger partial charge < -0.3 is 4.90 Å². The van der Waals surface area contributed by atoms with Crippen LogP contribution in [0.1, 0.15) is 64.9 Å². The van der Waals surface area contributed by atoms with Gasteiger partial charge in [-0.1, -0.05) is 70.1 Å². The molecule has 0 saturated carbocycles. The fourth-order valence-corrected chi connectivity index (χ4v) is 5.13. The topological polar surface area (TPSA) is 57.9 Å². The summed E-state index contributed by atoms with van der Waals surface area (Å²) >= 11 is 6.76. The number of thioether (sulfide) groups is 1. The van der Waals surface area contributed by atoms with Crippen molar-refractivity contribution in [2.75, 3.05) is 24.5 Å². The first-order valence-electron chi connectivity index (χ1n) is 11.5. The smallest absolute Gasteiger partial charge is 0.267 e. The van der Waals surface area contributed by atoms with Crippen molar-refractivity contribution in [2.24, 2.45) is 0 Å². The lowest BCUT2D eigenvalue weighted by molar-refractivity contribution is -0.122. The summed E-state index contributed by atoms with van der Waals surface area (Å²) in [4.78, 5) is 35.7. The van der Waals surface area contributed by atoms with E-state index >= 15 is 0 Å². The average Bonchev–Trinajstić information content (AvgIpc) is 3.05. The summed E-state index contributed by atoms with van der Waals surface area (Å²) in [5, 5.41) is 0. The minimum absolute atomic E-state index is 0.113. The molecule has 3 rings (SSSR count). The molecule has 0 aliphatic carbocycles.